The lowest BCUT2D eigenvalue weighted by atomic mass is 9.93. The molecule has 6 nitrogen and oxygen atoms in total. The smallest absolute Gasteiger partial charge is 0.270 e. The highest BCUT2D eigenvalue weighted by Gasteiger charge is 2.23. The van der Waals surface area contributed by atoms with Gasteiger partial charge in [0, 0.05) is 23.1 Å². The van der Waals surface area contributed by atoms with Gasteiger partial charge in [0.15, 0.2) is 5.65 Å². The Labute approximate surface area is 196 Å². The molecule has 0 saturated carbocycles. The number of carbonyl (C=O) groups is 1. The summed E-state index contributed by atoms with van der Waals surface area (Å²) >= 11 is 0. The number of hydrogen-bond acceptors (Lipinski definition) is 4. The molecular weight excluding hydrogens is 417 g/mol. The first-order chi connectivity index (χ1) is 15.6. The summed E-state index contributed by atoms with van der Waals surface area (Å²) in [5.41, 5.74) is 2.27. The van der Waals surface area contributed by atoms with E-state index in [4.69, 9.17) is 0 Å². The molecule has 3 rings (SSSR count). The molecule has 0 radical (unpaired) electrons. The largest absolute Gasteiger partial charge is 0.348 e. The van der Waals surface area contributed by atoms with Crippen molar-refractivity contribution < 1.29 is 9.18 Å². The van der Waals surface area contributed by atoms with Gasteiger partial charge in [0.1, 0.15) is 11.5 Å². The average Bonchev–Trinajstić information content (AvgIpc) is 3.21. The molecule has 3 aromatic rings. The van der Waals surface area contributed by atoms with Gasteiger partial charge in [0.05, 0.1) is 11.4 Å². The molecule has 1 N–H and O–H groups in total. The van der Waals surface area contributed by atoms with Gasteiger partial charge in [-0.25, -0.2) is 13.9 Å². The number of aromatic nitrogens is 3. The molecular formula is C26H36FN5O. The summed E-state index contributed by atoms with van der Waals surface area (Å²) in [6, 6.07) is 9.98. The van der Waals surface area contributed by atoms with Crippen molar-refractivity contribution in [3.8, 4) is 11.3 Å². The highest BCUT2D eigenvalue weighted by molar-refractivity contribution is 5.94. The van der Waals surface area contributed by atoms with Crippen molar-refractivity contribution in [2.24, 2.45) is 0 Å². The zero-order chi connectivity index (χ0) is 24.2. The van der Waals surface area contributed by atoms with Crippen LogP contribution in [-0.2, 0) is 5.41 Å². The van der Waals surface area contributed by atoms with Crippen LogP contribution in [0.2, 0.25) is 0 Å². The summed E-state index contributed by atoms with van der Waals surface area (Å²) < 4.78 is 16.1. The molecule has 0 saturated heterocycles. The van der Waals surface area contributed by atoms with Crippen LogP contribution in [0, 0.1) is 5.82 Å². The first-order valence-corrected chi connectivity index (χ1v) is 11.8. The number of benzene rings is 1. The van der Waals surface area contributed by atoms with E-state index in [1.165, 1.54) is 6.07 Å². The molecule has 0 fully saturated rings. The highest BCUT2D eigenvalue weighted by Crippen LogP contribution is 2.26. The van der Waals surface area contributed by atoms with Gasteiger partial charge in [0.2, 0.25) is 0 Å². The Morgan fingerprint density at radius 1 is 1.18 bits per heavy atom. The van der Waals surface area contributed by atoms with Crippen LogP contribution in [0.4, 0.5) is 4.39 Å². The molecule has 1 aromatic carbocycles. The Morgan fingerprint density at radius 2 is 1.88 bits per heavy atom. The predicted octanol–water partition coefficient (Wildman–Crippen LogP) is 5.07. The average molecular weight is 454 g/mol. The van der Waals surface area contributed by atoms with Gasteiger partial charge in [-0.05, 0) is 57.6 Å². The molecule has 0 unspecified atom stereocenters. The number of hydrogen-bond donors (Lipinski definition) is 1. The van der Waals surface area contributed by atoms with Crippen molar-refractivity contribution in [3.63, 3.8) is 0 Å². The SMILES string of the molecule is CCN(CC)CCC[C@@H](C)NC(=O)c1cc(-c2ccccc2F)nc2cc(C(C)(C)C)nn12. The molecule has 0 aliphatic rings. The molecule has 0 spiro atoms. The van der Waals surface area contributed by atoms with E-state index in [1.54, 1.807) is 28.8 Å². The molecule has 2 aromatic heterocycles. The molecule has 7 heteroatoms. The van der Waals surface area contributed by atoms with Gasteiger partial charge in [-0.3, -0.25) is 4.79 Å². The first kappa shape index (κ1) is 24.8. The normalized spacial score (nSPS) is 13.0. The van der Waals surface area contributed by atoms with E-state index in [0.29, 0.717) is 22.6 Å². The summed E-state index contributed by atoms with van der Waals surface area (Å²) in [4.78, 5) is 20.3. The third kappa shape index (κ3) is 5.96. The van der Waals surface area contributed by atoms with Crippen molar-refractivity contribution in [2.75, 3.05) is 19.6 Å². The fourth-order valence-corrected chi connectivity index (χ4v) is 3.84. The number of amides is 1. The van der Waals surface area contributed by atoms with Crippen LogP contribution in [0.15, 0.2) is 36.4 Å². The topological polar surface area (TPSA) is 62.5 Å². The Hall–Kier alpha value is -2.80. The van der Waals surface area contributed by atoms with Gasteiger partial charge in [-0.1, -0.05) is 46.8 Å². The van der Waals surface area contributed by atoms with Crippen LogP contribution >= 0.6 is 0 Å². The Morgan fingerprint density at radius 3 is 2.52 bits per heavy atom. The van der Waals surface area contributed by atoms with Crippen LogP contribution in [-0.4, -0.2) is 51.1 Å². The molecule has 0 bridgehead atoms. The van der Waals surface area contributed by atoms with Gasteiger partial charge in [-0.15, -0.1) is 0 Å². The maximum atomic E-state index is 14.5. The molecule has 1 amide bonds. The van der Waals surface area contributed by atoms with Crippen LogP contribution in [0.25, 0.3) is 16.9 Å². The van der Waals surface area contributed by atoms with E-state index in [2.05, 4.69) is 54.9 Å². The van der Waals surface area contributed by atoms with E-state index in [-0.39, 0.29) is 23.2 Å². The standard InChI is InChI=1S/C26H36FN5O/c1-7-31(8-2)15-11-12-18(3)28-25(33)22-16-21(19-13-9-10-14-20(19)27)29-24-17-23(26(4,5)6)30-32(22)24/h9-10,13-14,16-18H,7-8,11-12,15H2,1-6H3,(H,28,33)/t18-/m1/s1. The third-order valence-corrected chi connectivity index (χ3v) is 5.96. The maximum absolute atomic E-state index is 14.5. The second kappa shape index (κ2) is 10.4. The second-order valence-electron chi connectivity index (χ2n) is 9.60. The van der Waals surface area contributed by atoms with E-state index in [9.17, 15) is 9.18 Å². The summed E-state index contributed by atoms with van der Waals surface area (Å²) in [6.45, 7) is 15.6. The van der Waals surface area contributed by atoms with Crippen molar-refractivity contribution in [3.05, 3.63) is 53.6 Å². The zero-order valence-electron chi connectivity index (χ0n) is 20.7. The van der Waals surface area contributed by atoms with Gasteiger partial charge in [0.25, 0.3) is 5.91 Å². The summed E-state index contributed by atoms with van der Waals surface area (Å²) in [6.07, 6.45) is 1.88. The number of fused-ring (bicyclic) bond motifs is 1. The Bertz CT molecular complexity index is 1100. The van der Waals surface area contributed by atoms with Gasteiger partial charge < -0.3 is 10.2 Å². The minimum absolute atomic E-state index is 0.00541. The number of carbonyl (C=O) groups excluding carboxylic acids is 1. The Balaban J connectivity index is 1.91. The van der Waals surface area contributed by atoms with E-state index < -0.39 is 0 Å². The van der Waals surface area contributed by atoms with Crippen LogP contribution in [0.1, 0.15) is 70.6 Å². The van der Waals surface area contributed by atoms with Crippen molar-refractivity contribution in [1.82, 2.24) is 24.8 Å². The number of nitrogens with zero attached hydrogens (tertiary/aromatic N) is 4. The van der Waals surface area contributed by atoms with Crippen LogP contribution in [0.5, 0.6) is 0 Å². The Kier molecular flexibility index (Phi) is 7.84. The first-order valence-electron chi connectivity index (χ1n) is 11.8. The predicted molar refractivity (Wildman–Crippen MR) is 131 cm³/mol. The minimum atomic E-state index is -0.374. The molecule has 0 aliphatic carbocycles. The summed E-state index contributed by atoms with van der Waals surface area (Å²) in [5, 5.41) is 7.77. The summed E-state index contributed by atoms with van der Waals surface area (Å²) in [7, 11) is 0. The van der Waals surface area contributed by atoms with Crippen LogP contribution in [0.3, 0.4) is 0 Å². The van der Waals surface area contributed by atoms with Crippen LogP contribution < -0.4 is 5.32 Å². The molecule has 178 valence electrons. The van der Waals surface area contributed by atoms with Gasteiger partial charge >= 0.3 is 0 Å². The lowest BCUT2D eigenvalue weighted by molar-refractivity contribution is 0.0929. The monoisotopic (exact) mass is 453 g/mol. The maximum Gasteiger partial charge on any atom is 0.270 e. The molecule has 33 heavy (non-hydrogen) atoms. The molecule has 1 atom stereocenters. The van der Waals surface area contributed by atoms with E-state index in [0.717, 1.165) is 38.2 Å². The molecule has 2 heterocycles. The zero-order valence-corrected chi connectivity index (χ0v) is 20.7. The van der Waals surface area contributed by atoms with Crippen molar-refractivity contribution in [2.45, 2.75) is 65.8 Å². The number of nitrogens with one attached hydrogen (secondary N) is 1. The minimum Gasteiger partial charge on any atom is -0.348 e. The summed E-state index contributed by atoms with van der Waals surface area (Å²) in [5.74, 6) is -0.611. The fourth-order valence-electron chi connectivity index (χ4n) is 3.84. The number of rotatable bonds is 9. The molecule has 0 aliphatic heterocycles. The quantitative estimate of drug-likeness (QED) is 0.491. The fraction of sp³-hybridized carbons (Fsp3) is 0.500. The highest BCUT2D eigenvalue weighted by atomic mass is 19.1. The van der Waals surface area contributed by atoms with E-state index in [1.807, 2.05) is 13.0 Å². The van der Waals surface area contributed by atoms with E-state index >= 15 is 0 Å². The lowest BCUT2D eigenvalue weighted by Gasteiger charge is -2.20. The van der Waals surface area contributed by atoms with Crippen molar-refractivity contribution in [1.29, 1.82) is 0 Å². The third-order valence-electron chi connectivity index (χ3n) is 5.96. The number of halogens is 1. The second-order valence-corrected chi connectivity index (χ2v) is 9.60. The van der Waals surface area contributed by atoms with Crippen molar-refractivity contribution >= 4 is 11.6 Å². The van der Waals surface area contributed by atoms with Gasteiger partial charge in [-0.2, -0.15) is 5.10 Å². The lowest BCUT2D eigenvalue weighted by Crippen LogP contribution is -2.35.